The van der Waals surface area contributed by atoms with Gasteiger partial charge in [-0.1, -0.05) is 23.7 Å². The molecule has 3 aromatic rings. The lowest BCUT2D eigenvalue weighted by Crippen LogP contribution is -2.30. The van der Waals surface area contributed by atoms with Crippen LogP contribution >= 0.6 is 11.6 Å². The zero-order valence-electron chi connectivity index (χ0n) is 16.2. The van der Waals surface area contributed by atoms with E-state index in [-0.39, 0.29) is 5.02 Å². The van der Waals surface area contributed by atoms with Crippen molar-refractivity contribution >= 4 is 34.8 Å². The molecule has 30 heavy (non-hydrogen) atoms. The molecule has 0 unspecified atom stereocenters. The van der Waals surface area contributed by atoms with Gasteiger partial charge in [0.2, 0.25) is 0 Å². The van der Waals surface area contributed by atoms with Crippen molar-refractivity contribution in [2.24, 2.45) is 0 Å². The smallest absolute Gasteiger partial charge is 0.323 e. The average Bonchev–Trinajstić information content (AvgIpc) is 2.77. The molecule has 1 saturated heterocycles. The Labute approximate surface area is 179 Å². The van der Waals surface area contributed by atoms with Crippen LogP contribution in [0.5, 0.6) is 0 Å². The first kappa shape index (κ1) is 20.1. The number of rotatable bonds is 4. The Balaban J connectivity index is 1.37. The highest BCUT2D eigenvalue weighted by molar-refractivity contribution is 6.31. The SMILES string of the molecule is O=C(Nc1ccc(-c2ccc(N3CCCCC3)nn2)cc1)Nc1ccc(F)c(Cl)c1. The number of carbonyl (C=O) groups excluding carboxylic acids is 1. The highest BCUT2D eigenvalue weighted by Crippen LogP contribution is 2.23. The molecule has 4 rings (SSSR count). The molecular formula is C22H21ClFN5O. The van der Waals surface area contributed by atoms with Crippen LogP contribution in [0.4, 0.5) is 26.4 Å². The number of halogens is 2. The fourth-order valence-corrected chi connectivity index (χ4v) is 3.54. The van der Waals surface area contributed by atoms with Gasteiger partial charge >= 0.3 is 6.03 Å². The largest absolute Gasteiger partial charge is 0.355 e. The minimum absolute atomic E-state index is 0.0513. The number of carbonyl (C=O) groups is 1. The maximum Gasteiger partial charge on any atom is 0.323 e. The maximum absolute atomic E-state index is 13.2. The minimum Gasteiger partial charge on any atom is -0.355 e. The van der Waals surface area contributed by atoms with Crippen LogP contribution in [0.3, 0.4) is 0 Å². The van der Waals surface area contributed by atoms with Gasteiger partial charge in [0.15, 0.2) is 5.82 Å². The number of piperidine rings is 1. The van der Waals surface area contributed by atoms with Crippen LogP contribution in [-0.4, -0.2) is 29.3 Å². The minimum atomic E-state index is -0.537. The van der Waals surface area contributed by atoms with Gasteiger partial charge in [0.05, 0.1) is 10.7 Å². The normalized spacial score (nSPS) is 13.7. The lowest BCUT2D eigenvalue weighted by atomic mass is 10.1. The second kappa shape index (κ2) is 9.09. The summed E-state index contributed by atoms with van der Waals surface area (Å²) in [5.74, 6) is 0.375. The van der Waals surface area contributed by atoms with E-state index in [0.29, 0.717) is 11.4 Å². The zero-order chi connectivity index (χ0) is 20.9. The third kappa shape index (κ3) is 4.86. The summed E-state index contributed by atoms with van der Waals surface area (Å²) in [6.07, 6.45) is 3.66. The van der Waals surface area contributed by atoms with Gasteiger partial charge < -0.3 is 15.5 Å². The Morgan fingerprint density at radius 1 is 0.900 bits per heavy atom. The Bertz CT molecular complexity index is 1020. The van der Waals surface area contributed by atoms with Crippen molar-refractivity contribution in [1.82, 2.24) is 10.2 Å². The van der Waals surface area contributed by atoms with Crippen LogP contribution in [0, 0.1) is 5.82 Å². The lowest BCUT2D eigenvalue weighted by molar-refractivity contribution is 0.262. The van der Waals surface area contributed by atoms with Crippen molar-refractivity contribution in [3.05, 3.63) is 65.4 Å². The molecular weight excluding hydrogens is 405 g/mol. The number of hydrogen-bond donors (Lipinski definition) is 2. The van der Waals surface area contributed by atoms with Crippen molar-refractivity contribution in [3.63, 3.8) is 0 Å². The first-order valence-corrected chi connectivity index (χ1v) is 10.2. The van der Waals surface area contributed by atoms with E-state index in [1.807, 2.05) is 24.3 Å². The first-order valence-electron chi connectivity index (χ1n) is 9.81. The van der Waals surface area contributed by atoms with Crippen LogP contribution in [0.15, 0.2) is 54.6 Å². The van der Waals surface area contributed by atoms with Gasteiger partial charge in [-0.2, -0.15) is 0 Å². The van der Waals surface area contributed by atoms with Gasteiger partial charge in [0.1, 0.15) is 5.82 Å². The molecule has 0 aliphatic carbocycles. The molecule has 2 aromatic carbocycles. The second-order valence-corrected chi connectivity index (χ2v) is 7.52. The molecule has 2 heterocycles. The Kier molecular flexibility index (Phi) is 6.09. The molecule has 2 amide bonds. The van der Waals surface area contributed by atoms with E-state index in [9.17, 15) is 9.18 Å². The number of nitrogens with zero attached hydrogens (tertiary/aromatic N) is 3. The fraction of sp³-hybridized carbons (Fsp3) is 0.227. The zero-order valence-corrected chi connectivity index (χ0v) is 17.0. The van der Waals surface area contributed by atoms with Gasteiger partial charge in [-0.3, -0.25) is 0 Å². The third-order valence-electron chi connectivity index (χ3n) is 4.95. The van der Waals surface area contributed by atoms with Gasteiger partial charge in [-0.25, -0.2) is 9.18 Å². The summed E-state index contributed by atoms with van der Waals surface area (Å²) in [6, 6.07) is 14.8. The van der Waals surface area contributed by atoms with E-state index in [0.717, 1.165) is 30.2 Å². The molecule has 1 aliphatic heterocycles. The van der Waals surface area contributed by atoms with Crippen molar-refractivity contribution in [1.29, 1.82) is 0 Å². The number of amides is 2. The molecule has 0 saturated carbocycles. The van der Waals surface area contributed by atoms with Crippen LogP contribution < -0.4 is 15.5 Å². The number of hydrogen-bond acceptors (Lipinski definition) is 4. The monoisotopic (exact) mass is 425 g/mol. The lowest BCUT2D eigenvalue weighted by Gasteiger charge is -2.27. The van der Waals surface area contributed by atoms with Crippen LogP contribution in [0.25, 0.3) is 11.3 Å². The van der Waals surface area contributed by atoms with Gasteiger partial charge in [-0.05, 0) is 61.7 Å². The molecule has 1 aromatic heterocycles. The maximum atomic E-state index is 13.2. The van der Waals surface area contributed by atoms with Gasteiger partial charge in [0.25, 0.3) is 0 Å². The summed E-state index contributed by atoms with van der Waals surface area (Å²) in [6.45, 7) is 2.06. The quantitative estimate of drug-likeness (QED) is 0.573. The summed E-state index contributed by atoms with van der Waals surface area (Å²) in [5, 5.41) is 14.0. The summed E-state index contributed by atoms with van der Waals surface area (Å²) in [7, 11) is 0. The van der Waals surface area contributed by atoms with Gasteiger partial charge in [-0.15, -0.1) is 10.2 Å². The second-order valence-electron chi connectivity index (χ2n) is 7.11. The number of aromatic nitrogens is 2. The Hall–Kier alpha value is -3.19. The van der Waals surface area contributed by atoms with E-state index in [1.54, 1.807) is 12.1 Å². The molecule has 1 aliphatic rings. The summed E-state index contributed by atoms with van der Waals surface area (Å²) in [5.41, 5.74) is 2.69. The van der Waals surface area contributed by atoms with Crippen LogP contribution in [0.2, 0.25) is 5.02 Å². The summed E-state index contributed by atoms with van der Waals surface area (Å²) >= 11 is 5.73. The van der Waals surface area contributed by atoms with Crippen molar-refractivity contribution in [3.8, 4) is 11.3 Å². The van der Waals surface area contributed by atoms with E-state index in [1.165, 1.54) is 37.5 Å². The van der Waals surface area contributed by atoms with E-state index < -0.39 is 11.8 Å². The molecule has 0 bridgehead atoms. The standard InChI is InChI=1S/C22H21ClFN5O/c23-18-14-17(8-9-19(18)24)26-22(30)25-16-6-4-15(5-7-16)20-10-11-21(28-27-20)29-12-2-1-3-13-29/h4-11,14H,1-3,12-13H2,(H2,25,26,30). The fourth-order valence-electron chi connectivity index (χ4n) is 3.36. The van der Waals surface area contributed by atoms with Crippen molar-refractivity contribution in [2.75, 3.05) is 28.6 Å². The third-order valence-corrected chi connectivity index (χ3v) is 5.24. The van der Waals surface area contributed by atoms with Gasteiger partial charge in [0, 0.05) is 30.0 Å². The molecule has 8 heteroatoms. The average molecular weight is 426 g/mol. The number of nitrogens with one attached hydrogen (secondary N) is 2. The summed E-state index contributed by atoms with van der Waals surface area (Å²) in [4.78, 5) is 14.4. The number of anilines is 3. The van der Waals surface area contributed by atoms with E-state index in [4.69, 9.17) is 11.6 Å². The highest BCUT2D eigenvalue weighted by atomic mass is 35.5. The van der Waals surface area contributed by atoms with Crippen molar-refractivity contribution in [2.45, 2.75) is 19.3 Å². The summed E-state index contributed by atoms with van der Waals surface area (Å²) < 4.78 is 13.2. The molecule has 0 spiro atoms. The number of benzene rings is 2. The highest BCUT2D eigenvalue weighted by Gasteiger charge is 2.13. The predicted octanol–water partition coefficient (Wildman–Crippen LogP) is 5.57. The van der Waals surface area contributed by atoms with E-state index in [2.05, 4.69) is 25.7 Å². The molecule has 6 nitrogen and oxygen atoms in total. The Morgan fingerprint density at radius 3 is 2.27 bits per heavy atom. The van der Waals surface area contributed by atoms with Crippen LogP contribution in [-0.2, 0) is 0 Å². The molecule has 154 valence electrons. The van der Waals surface area contributed by atoms with Crippen molar-refractivity contribution < 1.29 is 9.18 Å². The van der Waals surface area contributed by atoms with Crippen LogP contribution in [0.1, 0.15) is 19.3 Å². The topological polar surface area (TPSA) is 70.2 Å². The molecule has 0 atom stereocenters. The molecule has 1 fully saturated rings. The Morgan fingerprint density at radius 2 is 1.60 bits per heavy atom. The first-order chi connectivity index (χ1) is 14.6. The van der Waals surface area contributed by atoms with E-state index >= 15 is 0 Å². The molecule has 0 radical (unpaired) electrons. The molecule has 2 N–H and O–H groups in total. The number of urea groups is 1. The predicted molar refractivity (Wildman–Crippen MR) is 118 cm³/mol.